The highest BCUT2D eigenvalue weighted by atomic mass is 19.1. The first-order valence-electron chi connectivity index (χ1n) is 7.99. The molecule has 1 saturated carbocycles. The molecule has 126 valence electrons. The van der Waals surface area contributed by atoms with Crippen LogP contribution in [0.3, 0.4) is 0 Å². The summed E-state index contributed by atoms with van der Waals surface area (Å²) < 4.78 is 27.1. The Hall–Kier alpha value is -2.57. The maximum atomic E-state index is 13.6. The number of benzene rings is 1. The molecular weight excluding hydrogens is 314 g/mol. The topological polar surface area (TPSA) is 66.9 Å². The zero-order valence-electron chi connectivity index (χ0n) is 13.1. The van der Waals surface area contributed by atoms with Crippen LogP contribution in [0.2, 0.25) is 0 Å². The SMILES string of the molecule is O=C(Nc1c(F)cccc1F)c1ccc(NC2CCCCC2)nn1. The summed E-state index contributed by atoms with van der Waals surface area (Å²) in [7, 11) is 0. The monoisotopic (exact) mass is 332 g/mol. The summed E-state index contributed by atoms with van der Waals surface area (Å²) in [5, 5.41) is 13.3. The molecule has 0 spiro atoms. The predicted octanol–water partition coefficient (Wildman–Crippen LogP) is 3.75. The van der Waals surface area contributed by atoms with Crippen LogP contribution in [0.4, 0.5) is 20.3 Å². The van der Waals surface area contributed by atoms with Gasteiger partial charge < -0.3 is 10.6 Å². The molecule has 7 heteroatoms. The first kappa shape index (κ1) is 16.3. The Balaban J connectivity index is 1.65. The van der Waals surface area contributed by atoms with E-state index in [0.29, 0.717) is 11.9 Å². The zero-order valence-corrected chi connectivity index (χ0v) is 13.1. The van der Waals surface area contributed by atoms with Gasteiger partial charge in [0.15, 0.2) is 5.69 Å². The van der Waals surface area contributed by atoms with Gasteiger partial charge in [-0.1, -0.05) is 25.3 Å². The number of anilines is 2. The van der Waals surface area contributed by atoms with Crippen molar-refractivity contribution in [1.29, 1.82) is 0 Å². The minimum Gasteiger partial charge on any atom is -0.366 e. The van der Waals surface area contributed by atoms with Crippen LogP contribution in [0.25, 0.3) is 0 Å². The van der Waals surface area contributed by atoms with Crippen molar-refractivity contribution < 1.29 is 13.6 Å². The lowest BCUT2D eigenvalue weighted by atomic mass is 9.95. The number of nitrogens with zero attached hydrogens (tertiary/aromatic N) is 2. The largest absolute Gasteiger partial charge is 0.366 e. The van der Waals surface area contributed by atoms with E-state index in [0.717, 1.165) is 25.0 Å². The Morgan fingerprint density at radius 1 is 1.00 bits per heavy atom. The average Bonchev–Trinajstić information content (AvgIpc) is 2.60. The fourth-order valence-electron chi connectivity index (χ4n) is 2.78. The molecule has 5 nitrogen and oxygen atoms in total. The Kier molecular flexibility index (Phi) is 4.98. The number of hydrogen-bond donors (Lipinski definition) is 2. The molecule has 24 heavy (non-hydrogen) atoms. The maximum Gasteiger partial charge on any atom is 0.276 e. The van der Waals surface area contributed by atoms with Gasteiger partial charge in [-0.3, -0.25) is 4.79 Å². The van der Waals surface area contributed by atoms with Crippen LogP contribution in [-0.2, 0) is 0 Å². The molecule has 1 aromatic carbocycles. The second-order valence-corrected chi connectivity index (χ2v) is 5.83. The Morgan fingerprint density at radius 3 is 2.33 bits per heavy atom. The van der Waals surface area contributed by atoms with Crippen molar-refractivity contribution in [1.82, 2.24) is 10.2 Å². The predicted molar refractivity (Wildman–Crippen MR) is 86.8 cm³/mol. The van der Waals surface area contributed by atoms with Gasteiger partial charge in [-0.05, 0) is 37.1 Å². The van der Waals surface area contributed by atoms with Crippen LogP contribution >= 0.6 is 0 Å². The van der Waals surface area contributed by atoms with Gasteiger partial charge >= 0.3 is 0 Å². The summed E-state index contributed by atoms with van der Waals surface area (Å²) in [4.78, 5) is 12.1. The molecule has 1 heterocycles. The summed E-state index contributed by atoms with van der Waals surface area (Å²) in [6.45, 7) is 0. The lowest BCUT2D eigenvalue weighted by molar-refractivity contribution is 0.102. The van der Waals surface area contributed by atoms with Gasteiger partial charge in [0.2, 0.25) is 0 Å². The molecule has 1 aliphatic rings. The van der Waals surface area contributed by atoms with Crippen LogP contribution in [0.15, 0.2) is 30.3 Å². The number of carbonyl (C=O) groups excluding carboxylic acids is 1. The quantitative estimate of drug-likeness (QED) is 0.895. The summed E-state index contributed by atoms with van der Waals surface area (Å²) in [6.07, 6.45) is 5.84. The Morgan fingerprint density at radius 2 is 1.71 bits per heavy atom. The highest BCUT2D eigenvalue weighted by molar-refractivity contribution is 6.02. The second kappa shape index (κ2) is 7.33. The molecule has 1 aromatic heterocycles. The number of aromatic nitrogens is 2. The van der Waals surface area contributed by atoms with Gasteiger partial charge in [-0.25, -0.2) is 8.78 Å². The smallest absolute Gasteiger partial charge is 0.276 e. The fraction of sp³-hybridized carbons (Fsp3) is 0.353. The summed E-state index contributed by atoms with van der Waals surface area (Å²) in [5.41, 5.74) is -0.499. The molecule has 0 saturated heterocycles. The summed E-state index contributed by atoms with van der Waals surface area (Å²) in [5.74, 6) is -1.80. The molecule has 2 N–H and O–H groups in total. The zero-order chi connectivity index (χ0) is 16.9. The third-order valence-corrected chi connectivity index (χ3v) is 4.06. The van der Waals surface area contributed by atoms with E-state index in [1.165, 1.54) is 31.4 Å². The minimum absolute atomic E-state index is 0.00755. The maximum absolute atomic E-state index is 13.6. The van der Waals surface area contributed by atoms with Gasteiger partial charge in [-0.2, -0.15) is 0 Å². The molecule has 1 amide bonds. The standard InChI is InChI=1S/C17H18F2N4O/c18-12-7-4-8-13(19)16(12)21-17(24)14-9-10-15(23-22-14)20-11-5-2-1-3-6-11/h4,7-11H,1-3,5-6H2,(H,20,23)(H,21,24). The van der Waals surface area contributed by atoms with Crippen molar-refractivity contribution in [2.75, 3.05) is 10.6 Å². The lowest BCUT2D eigenvalue weighted by Gasteiger charge is -2.22. The van der Waals surface area contributed by atoms with Crippen molar-refractivity contribution in [2.24, 2.45) is 0 Å². The first-order valence-corrected chi connectivity index (χ1v) is 7.99. The van der Waals surface area contributed by atoms with Crippen molar-refractivity contribution in [2.45, 2.75) is 38.1 Å². The molecule has 0 aliphatic heterocycles. The van der Waals surface area contributed by atoms with Crippen molar-refractivity contribution in [3.05, 3.63) is 47.7 Å². The highest BCUT2D eigenvalue weighted by Gasteiger charge is 2.16. The van der Waals surface area contributed by atoms with Crippen LogP contribution in [0.1, 0.15) is 42.6 Å². The van der Waals surface area contributed by atoms with Gasteiger partial charge in [0, 0.05) is 6.04 Å². The average molecular weight is 332 g/mol. The number of halogens is 2. The van der Waals surface area contributed by atoms with Crippen LogP contribution < -0.4 is 10.6 Å². The van der Waals surface area contributed by atoms with E-state index in [1.807, 2.05) is 0 Å². The van der Waals surface area contributed by atoms with E-state index >= 15 is 0 Å². The molecule has 0 atom stereocenters. The number of nitrogens with one attached hydrogen (secondary N) is 2. The van der Waals surface area contributed by atoms with Crippen LogP contribution in [0.5, 0.6) is 0 Å². The molecule has 1 fully saturated rings. The summed E-state index contributed by atoms with van der Waals surface area (Å²) >= 11 is 0. The molecule has 0 radical (unpaired) electrons. The molecule has 0 unspecified atom stereocenters. The van der Waals surface area contributed by atoms with Crippen molar-refractivity contribution in [3.63, 3.8) is 0 Å². The minimum atomic E-state index is -0.841. The molecule has 3 rings (SSSR count). The molecular formula is C17H18F2N4O. The molecule has 0 bridgehead atoms. The Bertz CT molecular complexity index is 695. The van der Waals surface area contributed by atoms with E-state index in [9.17, 15) is 13.6 Å². The van der Waals surface area contributed by atoms with Gasteiger partial charge in [-0.15, -0.1) is 10.2 Å². The van der Waals surface area contributed by atoms with Gasteiger partial charge in [0.25, 0.3) is 5.91 Å². The first-order chi connectivity index (χ1) is 11.6. The number of hydrogen-bond acceptors (Lipinski definition) is 4. The third-order valence-electron chi connectivity index (χ3n) is 4.06. The second-order valence-electron chi connectivity index (χ2n) is 5.83. The number of carbonyl (C=O) groups is 1. The van der Waals surface area contributed by atoms with Gasteiger partial charge in [0.05, 0.1) is 0 Å². The normalized spacial score (nSPS) is 15.1. The van der Waals surface area contributed by atoms with Crippen molar-refractivity contribution >= 4 is 17.4 Å². The van der Waals surface area contributed by atoms with Crippen molar-refractivity contribution in [3.8, 4) is 0 Å². The highest BCUT2D eigenvalue weighted by Crippen LogP contribution is 2.21. The Labute approximate surface area is 138 Å². The number of rotatable bonds is 4. The lowest BCUT2D eigenvalue weighted by Crippen LogP contribution is -2.23. The van der Waals surface area contributed by atoms with E-state index < -0.39 is 23.2 Å². The van der Waals surface area contributed by atoms with E-state index in [-0.39, 0.29) is 5.69 Å². The molecule has 2 aromatic rings. The van der Waals surface area contributed by atoms with E-state index in [2.05, 4.69) is 20.8 Å². The number of para-hydroxylation sites is 1. The number of amides is 1. The molecule has 1 aliphatic carbocycles. The summed E-state index contributed by atoms with van der Waals surface area (Å²) in [6, 6.07) is 6.87. The fourth-order valence-corrected chi connectivity index (χ4v) is 2.78. The van der Waals surface area contributed by atoms with E-state index in [4.69, 9.17) is 0 Å². The third kappa shape index (κ3) is 3.84. The van der Waals surface area contributed by atoms with Crippen LogP contribution in [-0.4, -0.2) is 22.1 Å². The van der Waals surface area contributed by atoms with E-state index in [1.54, 1.807) is 6.07 Å². The van der Waals surface area contributed by atoms with Crippen LogP contribution in [0, 0.1) is 11.6 Å². The van der Waals surface area contributed by atoms with Gasteiger partial charge in [0.1, 0.15) is 23.1 Å².